The topological polar surface area (TPSA) is 63.1 Å². The highest BCUT2D eigenvalue weighted by molar-refractivity contribution is 7.12. The van der Waals surface area contributed by atoms with Crippen molar-refractivity contribution in [3.8, 4) is 0 Å². The number of aryl methyl sites for hydroxylation is 2. The summed E-state index contributed by atoms with van der Waals surface area (Å²) in [5.74, 6) is -1.16. The van der Waals surface area contributed by atoms with Crippen LogP contribution in [0.3, 0.4) is 0 Å². The highest BCUT2D eigenvalue weighted by Gasteiger charge is 2.32. The second-order valence-corrected chi connectivity index (χ2v) is 6.61. The van der Waals surface area contributed by atoms with Crippen LogP contribution in [0.15, 0.2) is 5.38 Å². The third kappa shape index (κ3) is 2.06. The van der Waals surface area contributed by atoms with E-state index in [1.807, 2.05) is 12.3 Å². The Morgan fingerprint density at radius 2 is 2.39 bits per heavy atom. The van der Waals surface area contributed by atoms with E-state index >= 15 is 0 Å². The van der Waals surface area contributed by atoms with Crippen LogP contribution >= 0.6 is 22.7 Å². The van der Waals surface area contributed by atoms with Crippen molar-refractivity contribution in [3.05, 3.63) is 31.7 Å². The van der Waals surface area contributed by atoms with Gasteiger partial charge in [-0.1, -0.05) is 0 Å². The number of hydrogen-bond acceptors (Lipinski definition) is 5. The lowest BCUT2D eigenvalue weighted by Crippen LogP contribution is -2.08. The molecular weight excluding hydrogens is 268 g/mol. The molecule has 0 saturated heterocycles. The fraction of sp³-hybridized carbons (Fsp3) is 0.417. The Morgan fingerprint density at radius 3 is 3.06 bits per heavy atom. The van der Waals surface area contributed by atoms with Crippen molar-refractivity contribution in [2.75, 3.05) is 0 Å². The van der Waals surface area contributed by atoms with Crippen LogP contribution in [-0.2, 0) is 17.6 Å². The fourth-order valence-corrected chi connectivity index (χ4v) is 4.01. The SMILES string of the molecule is Cc1nc(Cc2nc3c(s2)CCC3C(=O)O)cs1. The summed E-state index contributed by atoms with van der Waals surface area (Å²) in [5.41, 5.74) is 1.81. The standard InChI is InChI=1S/C12H12N2O2S2/c1-6-13-7(5-17-6)4-10-14-11-8(12(15)16)2-3-9(11)18-10/h5,8H,2-4H2,1H3,(H,15,16). The van der Waals surface area contributed by atoms with E-state index in [9.17, 15) is 4.79 Å². The number of carboxylic acids is 1. The van der Waals surface area contributed by atoms with Crippen LogP contribution in [0.5, 0.6) is 0 Å². The molecule has 0 radical (unpaired) electrons. The quantitative estimate of drug-likeness (QED) is 0.938. The van der Waals surface area contributed by atoms with Crippen molar-refractivity contribution in [1.82, 2.24) is 9.97 Å². The Labute approximate surface area is 112 Å². The van der Waals surface area contributed by atoms with E-state index in [1.54, 1.807) is 22.7 Å². The Balaban J connectivity index is 1.84. The summed E-state index contributed by atoms with van der Waals surface area (Å²) in [6.07, 6.45) is 2.26. The Hall–Kier alpha value is -1.27. The number of hydrogen-bond donors (Lipinski definition) is 1. The monoisotopic (exact) mass is 280 g/mol. The minimum atomic E-state index is -0.755. The second kappa shape index (κ2) is 4.44. The van der Waals surface area contributed by atoms with Gasteiger partial charge in [0.1, 0.15) is 5.92 Å². The number of carbonyl (C=O) groups is 1. The summed E-state index contributed by atoms with van der Waals surface area (Å²) < 4.78 is 0. The average Bonchev–Trinajstić information content (AvgIpc) is 2.93. The minimum absolute atomic E-state index is 0.401. The molecular formula is C12H12N2O2S2. The predicted molar refractivity (Wildman–Crippen MR) is 70.5 cm³/mol. The van der Waals surface area contributed by atoms with E-state index in [0.717, 1.165) is 32.7 Å². The molecule has 0 amide bonds. The molecule has 2 aromatic rings. The van der Waals surface area contributed by atoms with Crippen LogP contribution in [0.4, 0.5) is 0 Å². The maximum Gasteiger partial charge on any atom is 0.312 e. The molecule has 1 aliphatic carbocycles. The van der Waals surface area contributed by atoms with E-state index in [1.165, 1.54) is 0 Å². The summed E-state index contributed by atoms with van der Waals surface area (Å²) >= 11 is 3.27. The average molecular weight is 280 g/mol. The molecule has 0 fully saturated rings. The molecule has 1 atom stereocenters. The van der Waals surface area contributed by atoms with Gasteiger partial charge < -0.3 is 5.11 Å². The van der Waals surface area contributed by atoms with Gasteiger partial charge in [-0.3, -0.25) is 4.79 Å². The normalized spacial score (nSPS) is 17.9. The maximum absolute atomic E-state index is 11.1. The van der Waals surface area contributed by atoms with Crippen molar-refractivity contribution in [1.29, 1.82) is 0 Å². The van der Waals surface area contributed by atoms with Crippen molar-refractivity contribution < 1.29 is 9.90 Å². The van der Waals surface area contributed by atoms with Crippen molar-refractivity contribution in [2.45, 2.75) is 32.1 Å². The predicted octanol–water partition coefficient (Wildman–Crippen LogP) is 2.61. The summed E-state index contributed by atoms with van der Waals surface area (Å²) in [7, 11) is 0. The van der Waals surface area contributed by atoms with Crippen LogP contribution in [0.1, 0.15) is 38.6 Å². The first kappa shape index (κ1) is 11.8. The van der Waals surface area contributed by atoms with Gasteiger partial charge in [-0.25, -0.2) is 9.97 Å². The zero-order valence-electron chi connectivity index (χ0n) is 9.84. The number of carboxylic acid groups (broad SMARTS) is 1. The molecule has 0 aromatic carbocycles. The van der Waals surface area contributed by atoms with Gasteiger partial charge in [-0.15, -0.1) is 22.7 Å². The molecule has 4 nitrogen and oxygen atoms in total. The molecule has 0 saturated carbocycles. The zero-order chi connectivity index (χ0) is 12.7. The van der Waals surface area contributed by atoms with Gasteiger partial charge in [0.05, 0.1) is 21.4 Å². The van der Waals surface area contributed by atoms with Crippen molar-refractivity contribution in [3.63, 3.8) is 0 Å². The Kier molecular flexibility index (Phi) is 2.91. The summed E-state index contributed by atoms with van der Waals surface area (Å²) in [5, 5.41) is 13.2. The number of nitrogens with zero attached hydrogens (tertiary/aromatic N) is 2. The Morgan fingerprint density at radius 1 is 1.56 bits per heavy atom. The lowest BCUT2D eigenvalue weighted by molar-refractivity contribution is -0.138. The van der Waals surface area contributed by atoms with Gasteiger partial charge in [-0.2, -0.15) is 0 Å². The maximum atomic E-state index is 11.1. The number of aliphatic carboxylic acids is 1. The molecule has 1 unspecified atom stereocenters. The van der Waals surface area contributed by atoms with Crippen molar-refractivity contribution in [2.24, 2.45) is 0 Å². The third-order valence-corrected chi connectivity index (χ3v) is 5.01. The first-order chi connectivity index (χ1) is 8.63. The van der Waals surface area contributed by atoms with Gasteiger partial charge in [0.25, 0.3) is 0 Å². The van der Waals surface area contributed by atoms with Crippen LogP contribution in [0.2, 0.25) is 0 Å². The smallest absolute Gasteiger partial charge is 0.312 e. The molecule has 1 N–H and O–H groups in total. The van der Waals surface area contributed by atoms with Gasteiger partial charge in [-0.05, 0) is 19.8 Å². The third-order valence-electron chi connectivity index (χ3n) is 3.06. The first-order valence-corrected chi connectivity index (χ1v) is 7.45. The molecule has 18 heavy (non-hydrogen) atoms. The molecule has 2 aromatic heterocycles. The van der Waals surface area contributed by atoms with E-state index in [0.29, 0.717) is 12.8 Å². The van der Waals surface area contributed by atoms with E-state index in [-0.39, 0.29) is 0 Å². The molecule has 94 valence electrons. The summed E-state index contributed by atoms with van der Waals surface area (Å²) in [6.45, 7) is 1.98. The van der Waals surface area contributed by atoms with E-state index in [4.69, 9.17) is 5.11 Å². The summed E-state index contributed by atoms with van der Waals surface area (Å²) in [6, 6.07) is 0. The van der Waals surface area contributed by atoms with Gasteiger partial charge in [0, 0.05) is 16.7 Å². The summed E-state index contributed by atoms with van der Waals surface area (Å²) in [4.78, 5) is 21.1. The number of fused-ring (bicyclic) bond motifs is 1. The van der Waals surface area contributed by atoms with Crippen molar-refractivity contribution >= 4 is 28.6 Å². The van der Waals surface area contributed by atoms with Gasteiger partial charge in [0.15, 0.2) is 0 Å². The molecule has 0 spiro atoms. The van der Waals surface area contributed by atoms with Gasteiger partial charge >= 0.3 is 5.97 Å². The van der Waals surface area contributed by atoms with Crippen LogP contribution < -0.4 is 0 Å². The molecule has 0 bridgehead atoms. The zero-order valence-corrected chi connectivity index (χ0v) is 11.5. The Bertz CT molecular complexity index is 603. The fourth-order valence-electron chi connectivity index (χ4n) is 2.24. The molecule has 6 heteroatoms. The highest BCUT2D eigenvalue weighted by atomic mass is 32.1. The van der Waals surface area contributed by atoms with E-state index < -0.39 is 11.9 Å². The van der Waals surface area contributed by atoms with Crippen LogP contribution in [-0.4, -0.2) is 21.0 Å². The van der Waals surface area contributed by atoms with Gasteiger partial charge in [0.2, 0.25) is 0 Å². The molecule has 3 rings (SSSR count). The minimum Gasteiger partial charge on any atom is -0.481 e. The number of thiazole rings is 2. The number of aromatic nitrogens is 2. The molecule has 0 aliphatic heterocycles. The molecule has 1 aliphatic rings. The van der Waals surface area contributed by atoms with Crippen LogP contribution in [0.25, 0.3) is 0 Å². The molecule has 2 heterocycles. The second-order valence-electron chi connectivity index (χ2n) is 4.38. The van der Waals surface area contributed by atoms with E-state index in [2.05, 4.69) is 9.97 Å². The lowest BCUT2D eigenvalue weighted by atomic mass is 10.1. The number of rotatable bonds is 3. The largest absolute Gasteiger partial charge is 0.481 e. The highest BCUT2D eigenvalue weighted by Crippen LogP contribution is 2.37. The lowest BCUT2D eigenvalue weighted by Gasteiger charge is -2.00. The first-order valence-electron chi connectivity index (χ1n) is 5.76. The van der Waals surface area contributed by atoms with Crippen LogP contribution in [0, 0.1) is 6.92 Å².